The minimum atomic E-state index is 0.135. The predicted molar refractivity (Wildman–Crippen MR) is 109 cm³/mol. The Morgan fingerprint density at radius 3 is 2.40 bits per heavy atom. The van der Waals surface area contributed by atoms with E-state index in [1.54, 1.807) is 6.07 Å². The number of rotatable bonds is 11. The van der Waals surface area contributed by atoms with Crippen LogP contribution in [0.25, 0.3) is 10.9 Å². The van der Waals surface area contributed by atoms with Crippen LogP contribution in [-0.4, -0.2) is 4.57 Å². The van der Waals surface area contributed by atoms with Crippen LogP contribution in [0.15, 0.2) is 47.3 Å². The van der Waals surface area contributed by atoms with Gasteiger partial charge in [-0.3, -0.25) is 4.79 Å². The zero-order chi connectivity index (χ0) is 17.9. The van der Waals surface area contributed by atoms with E-state index in [1.165, 1.54) is 51.4 Å². The molecule has 2 aromatic rings. The van der Waals surface area contributed by atoms with Gasteiger partial charge in [0.2, 0.25) is 0 Å². The van der Waals surface area contributed by atoms with Gasteiger partial charge in [0.25, 0.3) is 0 Å². The summed E-state index contributed by atoms with van der Waals surface area (Å²) in [5, 5.41) is 0.809. The monoisotopic (exact) mass is 339 g/mol. The van der Waals surface area contributed by atoms with Crippen molar-refractivity contribution in [1.82, 2.24) is 4.57 Å². The Bertz CT molecular complexity index is 726. The van der Waals surface area contributed by atoms with Crippen LogP contribution in [0.5, 0.6) is 0 Å². The Balaban J connectivity index is 1.72. The molecule has 0 atom stereocenters. The molecule has 0 N–H and O–H groups in total. The SMILES string of the molecule is CCCCCCCCC/C=C/CCc1cc(=O)c2ccccc2n1C. The van der Waals surface area contributed by atoms with E-state index in [0.717, 1.165) is 29.4 Å². The molecule has 25 heavy (non-hydrogen) atoms. The smallest absolute Gasteiger partial charge is 0.189 e. The average Bonchev–Trinajstić information content (AvgIpc) is 2.63. The highest BCUT2D eigenvalue weighted by atomic mass is 16.1. The van der Waals surface area contributed by atoms with Crippen LogP contribution in [0.1, 0.15) is 70.4 Å². The lowest BCUT2D eigenvalue weighted by molar-refractivity contribution is 0.592. The number of fused-ring (bicyclic) bond motifs is 1. The maximum absolute atomic E-state index is 12.2. The van der Waals surface area contributed by atoms with Gasteiger partial charge in [-0.05, 0) is 37.8 Å². The van der Waals surface area contributed by atoms with Gasteiger partial charge >= 0.3 is 0 Å². The van der Waals surface area contributed by atoms with Crippen molar-refractivity contribution in [2.75, 3.05) is 0 Å². The number of para-hydroxylation sites is 1. The molecule has 2 nitrogen and oxygen atoms in total. The number of aryl methyl sites for hydroxylation is 2. The number of unbranched alkanes of at least 4 members (excludes halogenated alkanes) is 7. The third kappa shape index (κ3) is 6.19. The van der Waals surface area contributed by atoms with E-state index in [4.69, 9.17) is 0 Å². The van der Waals surface area contributed by atoms with Crippen molar-refractivity contribution in [1.29, 1.82) is 0 Å². The van der Waals surface area contributed by atoms with Crippen molar-refractivity contribution < 1.29 is 0 Å². The molecule has 0 aliphatic carbocycles. The lowest BCUT2D eigenvalue weighted by Gasteiger charge is -2.11. The molecule has 2 heteroatoms. The van der Waals surface area contributed by atoms with Crippen molar-refractivity contribution in [2.24, 2.45) is 7.05 Å². The Morgan fingerprint density at radius 1 is 0.920 bits per heavy atom. The normalized spacial score (nSPS) is 11.6. The van der Waals surface area contributed by atoms with E-state index in [9.17, 15) is 4.79 Å². The molecule has 0 radical (unpaired) electrons. The van der Waals surface area contributed by atoms with Crippen LogP contribution in [0.4, 0.5) is 0 Å². The molecule has 136 valence electrons. The second kappa shape index (κ2) is 10.9. The zero-order valence-electron chi connectivity index (χ0n) is 16.0. The molecule has 0 amide bonds. The lowest BCUT2D eigenvalue weighted by atomic mass is 10.1. The van der Waals surface area contributed by atoms with Crippen molar-refractivity contribution in [3.63, 3.8) is 0 Å². The quantitative estimate of drug-likeness (QED) is 0.354. The van der Waals surface area contributed by atoms with Crippen LogP contribution >= 0.6 is 0 Å². The van der Waals surface area contributed by atoms with Gasteiger partial charge in [-0.15, -0.1) is 0 Å². The number of pyridine rings is 1. The number of nitrogens with zero attached hydrogens (tertiary/aromatic N) is 1. The van der Waals surface area contributed by atoms with E-state index in [2.05, 4.69) is 30.7 Å². The summed E-state index contributed by atoms with van der Waals surface area (Å²) in [7, 11) is 2.05. The first-order chi connectivity index (χ1) is 12.2. The average molecular weight is 340 g/mol. The second-order valence-electron chi connectivity index (χ2n) is 7.00. The molecular weight excluding hydrogens is 306 g/mol. The molecule has 0 saturated carbocycles. The molecule has 1 aromatic carbocycles. The third-order valence-corrected chi connectivity index (χ3v) is 4.97. The van der Waals surface area contributed by atoms with Crippen LogP contribution in [0.2, 0.25) is 0 Å². The van der Waals surface area contributed by atoms with Crippen LogP contribution in [0.3, 0.4) is 0 Å². The van der Waals surface area contributed by atoms with Crippen molar-refractivity contribution >= 4 is 10.9 Å². The van der Waals surface area contributed by atoms with E-state index in [1.807, 2.05) is 24.3 Å². The van der Waals surface area contributed by atoms with Crippen molar-refractivity contribution in [3.8, 4) is 0 Å². The molecule has 0 aliphatic rings. The first-order valence-corrected chi connectivity index (χ1v) is 9.96. The number of hydrogen-bond acceptors (Lipinski definition) is 1. The number of hydrogen-bond donors (Lipinski definition) is 0. The Hall–Kier alpha value is -1.83. The Labute approximate surface area is 152 Å². The molecule has 0 saturated heterocycles. The van der Waals surface area contributed by atoms with E-state index >= 15 is 0 Å². The molecule has 0 spiro atoms. The number of allylic oxidation sites excluding steroid dienone is 2. The fourth-order valence-corrected chi connectivity index (χ4v) is 3.38. The second-order valence-corrected chi connectivity index (χ2v) is 7.00. The molecule has 1 heterocycles. The van der Waals surface area contributed by atoms with E-state index in [0.29, 0.717) is 0 Å². The fourth-order valence-electron chi connectivity index (χ4n) is 3.38. The van der Waals surface area contributed by atoms with Gasteiger partial charge in [-0.25, -0.2) is 0 Å². The summed E-state index contributed by atoms with van der Waals surface area (Å²) in [5.41, 5.74) is 2.28. The first kappa shape index (κ1) is 19.5. The first-order valence-electron chi connectivity index (χ1n) is 9.96. The van der Waals surface area contributed by atoms with Crippen molar-refractivity contribution in [2.45, 2.75) is 71.1 Å². The maximum Gasteiger partial charge on any atom is 0.189 e. The molecule has 0 bridgehead atoms. The summed E-state index contributed by atoms with van der Waals surface area (Å²) in [6.45, 7) is 2.26. The summed E-state index contributed by atoms with van der Waals surface area (Å²) >= 11 is 0. The number of benzene rings is 1. The van der Waals surface area contributed by atoms with E-state index < -0.39 is 0 Å². The highest BCUT2D eigenvalue weighted by molar-refractivity contribution is 5.79. The standard InChI is InChI=1S/C23H33NO/c1-3-4-5-6-7-8-9-10-11-12-13-16-20-19-23(25)21-17-14-15-18-22(21)24(20)2/h11-12,14-15,17-19H,3-10,13,16H2,1-2H3/b12-11+. The molecule has 1 aromatic heterocycles. The van der Waals surface area contributed by atoms with Gasteiger partial charge in [0.15, 0.2) is 5.43 Å². The molecule has 0 aliphatic heterocycles. The highest BCUT2D eigenvalue weighted by Crippen LogP contribution is 2.13. The summed E-state index contributed by atoms with van der Waals surface area (Å²) in [6, 6.07) is 9.65. The van der Waals surface area contributed by atoms with Crippen molar-refractivity contribution in [3.05, 3.63) is 58.4 Å². The van der Waals surface area contributed by atoms with Gasteiger partial charge < -0.3 is 4.57 Å². The van der Waals surface area contributed by atoms with Crippen LogP contribution < -0.4 is 5.43 Å². The lowest BCUT2D eigenvalue weighted by Crippen LogP contribution is -2.11. The highest BCUT2D eigenvalue weighted by Gasteiger charge is 2.04. The summed E-state index contributed by atoms with van der Waals surface area (Å²) < 4.78 is 2.15. The van der Waals surface area contributed by atoms with Crippen LogP contribution in [-0.2, 0) is 13.5 Å². The van der Waals surface area contributed by atoms with Gasteiger partial charge in [-0.2, -0.15) is 0 Å². The van der Waals surface area contributed by atoms with Gasteiger partial charge in [-0.1, -0.05) is 69.7 Å². The zero-order valence-corrected chi connectivity index (χ0v) is 16.0. The third-order valence-electron chi connectivity index (χ3n) is 4.97. The van der Waals surface area contributed by atoms with Gasteiger partial charge in [0.1, 0.15) is 0 Å². The topological polar surface area (TPSA) is 22.0 Å². The Kier molecular flexibility index (Phi) is 8.51. The molecule has 0 unspecified atom stereocenters. The predicted octanol–water partition coefficient (Wildman–Crippen LogP) is 6.17. The Morgan fingerprint density at radius 2 is 1.60 bits per heavy atom. The largest absolute Gasteiger partial charge is 0.347 e. The summed E-state index contributed by atoms with van der Waals surface area (Å²) in [5.74, 6) is 0. The summed E-state index contributed by atoms with van der Waals surface area (Å²) in [6.07, 6.45) is 17.2. The maximum atomic E-state index is 12.2. The molecule has 2 rings (SSSR count). The summed E-state index contributed by atoms with van der Waals surface area (Å²) in [4.78, 5) is 12.2. The minimum Gasteiger partial charge on any atom is -0.347 e. The minimum absolute atomic E-state index is 0.135. The van der Waals surface area contributed by atoms with Gasteiger partial charge in [0, 0.05) is 24.2 Å². The van der Waals surface area contributed by atoms with Gasteiger partial charge in [0.05, 0.1) is 5.52 Å². The fraction of sp³-hybridized carbons (Fsp3) is 0.522. The number of aromatic nitrogens is 1. The van der Waals surface area contributed by atoms with Crippen LogP contribution in [0, 0.1) is 0 Å². The molecule has 0 fully saturated rings. The molecular formula is C23H33NO. The van der Waals surface area contributed by atoms with E-state index in [-0.39, 0.29) is 5.43 Å².